The number of nitrogens with one attached hydrogen (secondary N) is 1. The second-order valence-electron chi connectivity index (χ2n) is 7.65. The second-order valence-corrected chi connectivity index (χ2v) is 7.65. The molecule has 2 bridgehead atoms. The number of likely N-dealkylation sites (tertiary alicyclic amines) is 1. The molecule has 8 heteroatoms. The Morgan fingerprint density at radius 2 is 1.89 bits per heavy atom. The number of hydrogen-bond donors (Lipinski definition) is 1. The molecule has 0 aliphatic carbocycles. The van der Waals surface area contributed by atoms with Crippen molar-refractivity contribution in [2.75, 3.05) is 19.6 Å². The van der Waals surface area contributed by atoms with Gasteiger partial charge in [0.25, 0.3) is 5.91 Å². The number of ether oxygens (including phenoxy) is 1. The molecule has 3 fully saturated rings. The summed E-state index contributed by atoms with van der Waals surface area (Å²) in [6.07, 6.45) is 4.24. The first-order chi connectivity index (χ1) is 13.6. The Hall–Kier alpha value is -2.22. The minimum atomic E-state index is -3.01. The lowest BCUT2D eigenvalue weighted by Gasteiger charge is -2.34. The maximum Gasteiger partial charge on any atom is 0.387 e. The monoisotopic (exact) mass is 393 g/mol. The van der Waals surface area contributed by atoms with Gasteiger partial charge in [-0.05, 0) is 50.8 Å². The lowest BCUT2D eigenvalue weighted by Crippen LogP contribution is -2.52. The molecule has 0 spiro atoms. The smallest absolute Gasteiger partial charge is 0.387 e. The molecule has 3 aliphatic heterocycles. The number of carbonyl (C=O) groups is 2. The molecule has 0 saturated carbocycles. The number of amides is 2. The Labute approximate surface area is 162 Å². The second kappa shape index (κ2) is 8.03. The molecule has 28 heavy (non-hydrogen) atoms. The van der Waals surface area contributed by atoms with Crippen molar-refractivity contribution >= 4 is 11.8 Å². The third-order valence-electron chi connectivity index (χ3n) is 6.04. The van der Waals surface area contributed by atoms with Crippen LogP contribution in [-0.4, -0.2) is 66.0 Å². The van der Waals surface area contributed by atoms with Crippen LogP contribution < -0.4 is 10.1 Å². The maximum absolute atomic E-state index is 13.4. The number of benzene rings is 1. The molecule has 1 aromatic rings. The van der Waals surface area contributed by atoms with E-state index in [0.29, 0.717) is 13.0 Å². The van der Waals surface area contributed by atoms with Crippen LogP contribution in [0.2, 0.25) is 0 Å². The Morgan fingerprint density at radius 3 is 2.71 bits per heavy atom. The van der Waals surface area contributed by atoms with Gasteiger partial charge in [-0.25, -0.2) is 0 Å². The first-order valence-electron chi connectivity index (χ1n) is 9.94. The number of nitrogens with zero attached hydrogens (tertiary/aromatic N) is 2. The van der Waals surface area contributed by atoms with Gasteiger partial charge in [0.15, 0.2) is 0 Å². The number of para-hydroxylation sites is 1. The van der Waals surface area contributed by atoms with Gasteiger partial charge in [-0.1, -0.05) is 12.1 Å². The van der Waals surface area contributed by atoms with Crippen LogP contribution in [0.5, 0.6) is 5.75 Å². The zero-order valence-electron chi connectivity index (χ0n) is 15.7. The highest BCUT2D eigenvalue weighted by molar-refractivity contribution is 6.00. The Morgan fingerprint density at radius 1 is 1.11 bits per heavy atom. The average Bonchev–Trinajstić information content (AvgIpc) is 3.24. The van der Waals surface area contributed by atoms with Crippen molar-refractivity contribution in [2.45, 2.75) is 56.8 Å². The molecular weight excluding hydrogens is 368 g/mol. The van der Waals surface area contributed by atoms with Crippen molar-refractivity contribution in [2.24, 2.45) is 0 Å². The van der Waals surface area contributed by atoms with E-state index in [1.807, 2.05) is 4.90 Å². The van der Waals surface area contributed by atoms with Gasteiger partial charge in [0, 0.05) is 25.2 Å². The van der Waals surface area contributed by atoms with E-state index in [9.17, 15) is 18.4 Å². The predicted molar refractivity (Wildman–Crippen MR) is 98.3 cm³/mol. The highest BCUT2D eigenvalue weighted by atomic mass is 19.3. The standard InChI is InChI=1S/C20H25F2N3O3/c21-20(22)28-17-6-2-1-4-15(17)18(26)24-11-3-5-16(24)19(27)25-13-7-8-14(25)12-23-10-9-13/h1-2,4,6,13-14,16,20,23H,3,5,7-12H2. The van der Waals surface area contributed by atoms with Crippen LogP contribution in [0.3, 0.4) is 0 Å². The average molecular weight is 393 g/mol. The number of hydrogen-bond acceptors (Lipinski definition) is 4. The number of carbonyl (C=O) groups excluding carboxylic acids is 2. The molecule has 152 valence electrons. The van der Waals surface area contributed by atoms with Crippen LogP contribution >= 0.6 is 0 Å². The fourth-order valence-electron chi connectivity index (χ4n) is 4.78. The Balaban J connectivity index is 1.55. The van der Waals surface area contributed by atoms with Crippen LogP contribution in [0, 0.1) is 0 Å². The molecule has 1 N–H and O–H groups in total. The molecule has 3 heterocycles. The molecule has 0 aromatic heterocycles. The highest BCUT2D eigenvalue weighted by Crippen LogP contribution is 2.32. The summed E-state index contributed by atoms with van der Waals surface area (Å²) in [6, 6.07) is 5.84. The summed E-state index contributed by atoms with van der Waals surface area (Å²) >= 11 is 0. The third kappa shape index (κ3) is 3.57. The van der Waals surface area contributed by atoms with Gasteiger partial charge in [0.05, 0.1) is 5.56 Å². The van der Waals surface area contributed by atoms with Crippen molar-refractivity contribution in [1.29, 1.82) is 0 Å². The number of alkyl halides is 2. The van der Waals surface area contributed by atoms with Gasteiger partial charge in [-0.2, -0.15) is 8.78 Å². The largest absolute Gasteiger partial charge is 0.434 e. The van der Waals surface area contributed by atoms with E-state index >= 15 is 0 Å². The number of rotatable bonds is 4. The lowest BCUT2D eigenvalue weighted by molar-refractivity contribution is -0.138. The van der Waals surface area contributed by atoms with Gasteiger partial charge in [-0.3, -0.25) is 9.59 Å². The van der Waals surface area contributed by atoms with Crippen LogP contribution in [-0.2, 0) is 4.79 Å². The van der Waals surface area contributed by atoms with Gasteiger partial charge >= 0.3 is 6.61 Å². The summed E-state index contributed by atoms with van der Waals surface area (Å²) in [7, 11) is 0. The van der Waals surface area contributed by atoms with Crippen molar-refractivity contribution in [3.05, 3.63) is 29.8 Å². The summed E-state index contributed by atoms with van der Waals surface area (Å²) < 4.78 is 29.9. The molecule has 0 radical (unpaired) electrons. The normalized spacial score (nSPS) is 27.2. The van der Waals surface area contributed by atoms with Crippen molar-refractivity contribution < 1.29 is 23.1 Å². The summed E-state index contributed by atoms with van der Waals surface area (Å²) in [5.74, 6) is -0.582. The minimum Gasteiger partial charge on any atom is -0.434 e. The molecule has 3 unspecified atom stereocenters. The first-order valence-corrected chi connectivity index (χ1v) is 9.94. The quantitative estimate of drug-likeness (QED) is 0.852. The molecular formula is C20H25F2N3O3. The van der Waals surface area contributed by atoms with E-state index in [0.717, 1.165) is 38.8 Å². The summed E-state index contributed by atoms with van der Waals surface area (Å²) in [4.78, 5) is 30.0. The van der Waals surface area contributed by atoms with Gasteiger partial charge in [0.1, 0.15) is 11.8 Å². The molecule has 3 atom stereocenters. The zero-order chi connectivity index (χ0) is 19.7. The first kappa shape index (κ1) is 19.1. The van der Waals surface area contributed by atoms with Crippen LogP contribution in [0.1, 0.15) is 42.5 Å². The van der Waals surface area contributed by atoms with E-state index in [2.05, 4.69) is 10.1 Å². The van der Waals surface area contributed by atoms with E-state index in [-0.39, 0.29) is 29.3 Å². The fraction of sp³-hybridized carbons (Fsp3) is 0.600. The van der Waals surface area contributed by atoms with Crippen molar-refractivity contribution in [3.8, 4) is 5.75 Å². The Kier molecular flexibility index (Phi) is 5.48. The molecule has 1 aromatic carbocycles. The number of halogens is 2. The molecule has 4 rings (SSSR count). The van der Waals surface area contributed by atoms with Gasteiger partial charge in [0.2, 0.25) is 5.91 Å². The summed E-state index contributed by atoms with van der Waals surface area (Å²) in [6.45, 7) is -0.880. The predicted octanol–water partition coefficient (Wildman–Crippen LogP) is 2.25. The van der Waals surface area contributed by atoms with Crippen molar-refractivity contribution in [1.82, 2.24) is 15.1 Å². The molecule has 3 aliphatic rings. The Bertz CT molecular complexity index is 731. The van der Waals surface area contributed by atoms with Gasteiger partial charge < -0.3 is 19.9 Å². The van der Waals surface area contributed by atoms with E-state index in [1.54, 1.807) is 12.1 Å². The summed E-state index contributed by atoms with van der Waals surface area (Å²) in [5.41, 5.74) is 0.0722. The molecule has 2 amide bonds. The minimum absolute atomic E-state index is 0.00527. The maximum atomic E-state index is 13.4. The van der Waals surface area contributed by atoms with E-state index in [4.69, 9.17) is 0 Å². The highest BCUT2D eigenvalue weighted by Gasteiger charge is 2.44. The number of fused-ring (bicyclic) bond motifs is 2. The van der Waals surface area contributed by atoms with Crippen molar-refractivity contribution in [3.63, 3.8) is 0 Å². The third-order valence-corrected chi connectivity index (χ3v) is 6.04. The SMILES string of the molecule is O=C(c1ccccc1OC(F)F)N1CCCC1C(=O)N1C2CCNCC1CC2. The van der Waals surface area contributed by atoms with E-state index < -0.39 is 18.6 Å². The lowest BCUT2D eigenvalue weighted by atomic mass is 10.1. The topological polar surface area (TPSA) is 61.9 Å². The zero-order valence-corrected chi connectivity index (χ0v) is 15.7. The van der Waals surface area contributed by atoms with Crippen LogP contribution in [0.4, 0.5) is 8.78 Å². The van der Waals surface area contributed by atoms with Crippen LogP contribution in [0.15, 0.2) is 24.3 Å². The van der Waals surface area contributed by atoms with E-state index in [1.165, 1.54) is 17.0 Å². The molecule has 3 saturated heterocycles. The van der Waals surface area contributed by atoms with Gasteiger partial charge in [-0.15, -0.1) is 0 Å². The van der Waals surface area contributed by atoms with Crippen LogP contribution in [0.25, 0.3) is 0 Å². The summed E-state index contributed by atoms with van der Waals surface area (Å²) in [5, 5.41) is 3.38. The molecule has 6 nitrogen and oxygen atoms in total. The fourth-order valence-corrected chi connectivity index (χ4v) is 4.78.